The first-order valence-corrected chi connectivity index (χ1v) is 17.5. The number of carbonyl (C=O) groups is 4. The second-order valence-corrected chi connectivity index (χ2v) is 12.4. The molecule has 258 valence electrons. The van der Waals surface area contributed by atoms with Crippen LogP contribution < -0.4 is 10.6 Å². The van der Waals surface area contributed by atoms with Gasteiger partial charge < -0.3 is 24.8 Å². The Morgan fingerprint density at radius 2 is 1.40 bits per heavy atom. The summed E-state index contributed by atoms with van der Waals surface area (Å²) in [5.41, 5.74) is -0.146. The minimum atomic E-state index is -1.65. The number of carbonyl (C=O) groups excluding carboxylic acids is 3. The van der Waals surface area contributed by atoms with Crippen LogP contribution in [0.25, 0.3) is 0 Å². The number of urea groups is 1. The molecule has 2 unspecified atom stereocenters. The number of aliphatic carboxylic acids is 1. The van der Waals surface area contributed by atoms with Crippen molar-refractivity contribution in [3.05, 3.63) is 71.8 Å². The highest BCUT2D eigenvalue weighted by Crippen LogP contribution is 2.33. The molecule has 10 nitrogen and oxygen atoms in total. The molecule has 0 spiro atoms. The number of ether oxygens (including phenoxy) is 2. The summed E-state index contributed by atoms with van der Waals surface area (Å²) >= 11 is 4.27. The van der Waals surface area contributed by atoms with Crippen LogP contribution in [-0.2, 0) is 23.9 Å². The van der Waals surface area contributed by atoms with Gasteiger partial charge in [-0.05, 0) is 36.6 Å². The molecule has 1 fully saturated rings. The van der Waals surface area contributed by atoms with Crippen molar-refractivity contribution in [1.29, 1.82) is 0 Å². The van der Waals surface area contributed by atoms with Gasteiger partial charge in [-0.3, -0.25) is 14.9 Å². The van der Waals surface area contributed by atoms with E-state index in [0.29, 0.717) is 26.2 Å². The molecule has 1 aliphatic rings. The molecule has 0 radical (unpaired) electrons. The Morgan fingerprint density at radius 3 is 1.91 bits per heavy atom. The first-order valence-electron chi connectivity index (χ1n) is 16.8. The quantitative estimate of drug-likeness (QED) is 0.0653. The zero-order chi connectivity index (χ0) is 33.9. The van der Waals surface area contributed by atoms with E-state index in [4.69, 9.17) is 9.47 Å². The van der Waals surface area contributed by atoms with Gasteiger partial charge in [0.25, 0.3) is 0 Å². The molecule has 2 aromatic rings. The average Bonchev–Trinajstić information content (AvgIpc) is 3.41. The number of carboxylic acids is 1. The van der Waals surface area contributed by atoms with Crippen LogP contribution in [0.5, 0.6) is 0 Å². The van der Waals surface area contributed by atoms with Gasteiger partial charge in [0.05, 0.1) is 13.2 Å². The summed E-state index contributed by atoms with van der Waals surface area (Å²) in [7, 11) is 0. The van der Waals surface area contributed by atoms with Gasteiger partial charge in [-0.2, -0.15) is 12.6 Å². The first-order chi connectivity index (χ1) is 22.8. The molecular weight excluding hydrogens is 618 g/mol. The van der Waals surface area contributed by atoms with Crippen molar-refractivity contribution >= 4 is 36.4 Å². The second-order valence-electron chi connectivity index (χ2n) is 12.0. The fourth-order valence-electron chi connectivity index (χ4n) is 6.07. The highest BCUT2D eigenvalue weighted by molar-refractivity contribution is 7.80. The van der Waals surface area contributed by atoms with Crippen molar-refractivity contribution in [1.82, 2.24) is 15.5 Å². The molecule has 1 saturated heterocycles. The lowest BCUT2D eigenvalue weighted by Crippen LogP contribution is -2.61. The lowest BCUT2D eigenvalue weighted by Gasteiger charge is -2.37. The van der Waals surface area contributed by atoms with Gasteiger partial charge in [0.15, 0.2) is 0 Å². The van der Waals surface area contributed by atoms with Gasteiger partial charge in [-0.1, -0.05) is 106 Å². The van der Waals surface area contributed by atoms with Crippen LogP contribution in [0, 0.1) is 0 Å². The maximum absolute atomic E-state index is 14.6. The summed E-state index contributed by atoms with van der Waals surface area (Å²) < 4.78 is 11.1. The van der Waals surface area contributed by atoms with Gasteiger partial charge in [-0.25, -0.2) is 9.59 Å². The normalized spacial score (nSPS) is 15.0. The molecule has 4 amide bonds. The fourth-order valence-corrected chi connectivity index (χ4v) is 6.29. The van der Waals surface area contributed by atoms with E-state index in [0.717, 1.165) is 61.8 Å². The van der Waals surface area contributed by atoms with Crippen molar-refractivity contribution in [2.24, 2.45) is 0 Å². The molecule has 0 aromatic heterocycles. The molecule has 0 saturated carbocycles. The summed E-state index contributed by atoms with van der Waals surface area (Å²) in [5.74, 6) is -2.11. The van der Waals surface area contributed by atoms with E-state index in [1.165, 1.54) is 4.90 Å². The molecule has 47 heavy (non-hydrogen) atoms. The zero-order valence-corrected chi connectivity index (χ0v) is 28.4. The number of thiol groups is 1. The summed E-state index contributed by atoms with van der Waals surface area (Å²) in [6.45, 7) is 2.89. The molecule has 3 N–H and O–H groups in total. The van der Waals surface area contributed by atoms with Gasteiger partial charge >= 0.3 is 12.0 Å². The monoisotopic (exact) mass is 669 g/mol. The largest absolute Gasteiger partial charge is 0.480 e. The Bertz CT molecular complexity index is 1210. The van der Waals surface area contributed by atoms with Crippen LogP contribution in [0.1, 0.15) is 88.2 Å². The second kappa shape index (κ2) is 20.7. The maximum atomic E-state index is 14.6. The van der Waals surface area contributed by atoms with Crippen molar-refractivity contribution in [3.63, 3.8) is 0 Å². The SMILES string of the molecule is CCOCCOCCC(CCCCCCCCCCS)(NC(=O)C(C(c1ccccc1)c1ccccc1)N1CC(=O)NC1=O)C(=O)O. The van der Waals surface area contributed by atoms with Crippen molar-refractivity contribution in [2.45, 2.75) is 88.6 Å². The Hall–Kier alpha value is -3.41. The molecule has 2 aromatic carbocycles. The molecular formula is C36H51N3O7S. The predicted octanol–water partition coefficient (Wildman–Crippen LogP) is 5.56. The van der Waals surface area contributed by atoms with Gasteiger partial charge in [0, 0.05) is 25.6 Å². The number of hydrogen-bond acceptors (Lipinski definition) is 7. The number of nitrogens with one attached hydrogen (secondary N) is 2. The molecule has 11 heteroatoms. The number of amides is 4. The van der Waals surface area contributed by atoms with Crippen LogP contribution in [0.2, 0.25) is 0 Å². The lowest BCUT2D eigenvalue weighted by atomic mass is 9.82. The van der Waals surface area contributed by atoms with Gasteiger partial charge in [0.2, 0.25) is 11.8 Å². The van der Waals surface area contributed by atoms with E-state index in [-0.39, 0.29) is 26.0 Å². The number of nitrogens with zero attached hydrogens (tertiary/aromatic N) is 1. The van der Waals surface area contributed by atoms with Gasteiger partial charge in [-0.15, -0.1) is 0 Å². The van der Waals surface area contributed by atoms with Crippen LogP contribution in [0.3, 0.4) is 0 Å². The Labute approximate surface area is 284 Å². The third kappa shape index (κ3) is 12.0. The van der Waals surface area contributed by atoms with E-state index in [2.05, 4.69) is 23.3 Å². The fraction of sp³-hybridized carbons (Fsp3) is 0.556. The highest BCUT2D eigenvalue weighted by Gasteiger charge is 2.47. The Kier molecular flexibility index (Phi) is 16.8. The molecule has 1 aliphatic heterocycles. The summed E-state index contributed by atoms with van der Waals surface area (Å²) in [6, 6.07) is 16.6. The van der Waals surface area contributed by atoms with E-state index in [9.17, 15) is 24.3 Å². The number of unbranched alkanes of at least 4 members (excludes halogenated alkanes) is 7. The standard InChI is InChI=1S/C36H51N3O7S/c1-2-45-24-25-46-23-22-36(34(42)43,21-15-7-5-3-4-6-8-16-26-47)38-33(41)32(39-27-30(40)37-35(39)44)31(28-17-11-9-12-18-28)29-19-13-10-14-20-29/h9-14,17-20,31-32,47H,2-8,15-16,21-27H2,1H3,(H,38,41)(H,42,43)(H,37,40,44). The highest BCUT2D eigenvalue weighted by atomic mass is 32.1. The van der Waals surface area contributed by atoms with Crippen LogP contribution in [-0.4, -0.2) is 84.1 Å². The van der Waals surface area contributed by atoms with Crippen molar-refractivity contribution in [3.8, 4) is 0 Å². The van der Waals surface area contributed by atoms with E-state index in [1.807, 2.05) is 67.6 Å². The van der Waals surface area contributed by atoms with Crippen LogP contribution in [0.4, 0.5) is 4.79 Å². The lowest BCUT2D eigenvalue weighted by molar-refractivity contribution is -0.150. The minimum absolute atomic E-state index is 0.0309. The summed E-state index contributed by atoms with van der Waals surface area (Å²) in [5, 5.41) is 15.9. The summed E-state index contributed by atoms with van der Waals surface area (Å²) in [6.07, 6.45) is 8.24. The molecule has 3 rings (SSSR count). The van der Waals surface area contributed by atoms with E-state index < -0.39 is 41.3 Å². The minimum Gasteiger partial charge on any atom is -0.480 e. The molecule has 0 bridgehead atoms. The predicted molar refractivity (Wildman–Crippen MR) is 185 cm³/mol. The zero-order valence-electron chi connectivity index (χ0n) is 27.5. The third-order valence-corrected chi connectivity index (χ3v) is 8.91. The Morgan fingerprint density at radius 1 is 0.851 bits per heavy atom. The molecule has 2 atom stereocenters. The number of benzene rings is 2. The van der Waals surface area contributed by atoms with Crippen molar-refractivity contribution < 1.29 is 33.8 Å². The van der Waals surface area contributed by atoms with E-state index >= 15 is 0 Å². The Balaban J connectivity index is 1.90. The molecule has 1 heterocycles. The topological polar surface area (TPSA) is 134 Å². The third-order valence-electron chi connectivity index (χ3n) is 8.59. The van der Waals surface area contributed by atoms with Gasteiger partial charge in [0.1, 0.15) is 18.1 Å². The smallest absolute Gasteiger partial charge is 0.329 e. The number of rotatable bonds is 24. The van der Waals surface area contributed by atoms with Crippen molar-refractivity contribution in [2.75, 3.05) is 38.7 Å². The molecule has 0 aliphatic carbocycles. The maximum Gasteiger partial charge on any atom is 0.329 e. The number of imide groups is 1. The number of hydrogen-bond donors (Lipinski definition) is 4. The van der Waals surface area contributed by atoms with Crippen LogP contribution >= 0.6 is 12.6 Å². The average molecular weight is 670 g/mol. The summed E-state index contributed by atoms with van der Waals surface area (Å²) in [4.78, 5) is 54.4. The number of carboxylic acid groups (broad SMARTS) is 1. The van der Waals surface area contributed by atoms with Crippen LogP contribution in [0.15, 0.2) is 60.7 Å². The van der Waals surface area contributed by atoms with E-state index in [1.54, 1.807) is 0 Å². The first kappa shape index (κ1) is 38.0.